The number of rotatable bonds is 44. The molecule has 0 aromatic carbocycles. The second-order valence-electron chi connectivity index (χ2n) is 14.8. The number of carbonyl (C=O) groups is 5. The molecular weight excluding hydrogens is 966 g/mol. The van der Waals surface area contributed by atoms with E-state index in [-0.39, 0.29) is 199 Å². The van der Waals surface area contributed by atoms with Gasteiger partial charge in [-0.15, -0.1) is 19.3 Å². The Morgan fingerprint density at radius 2 is 0.808 bits per heavy atom. The lowest BCUT2D eigenvalue weighted by molar-refractivity contribution is -0.128. The minimum atomic E-state index is -3.99. The molecule has 73 heavy (non-hydrogen) atoms. The van der Waals surface area contributed by atoms with Crippen LogP contribution in [0.25, 0.3) is 0 Å². The molecule has 0 aliphatic heterocycles. The normalized spacial score (nSPS) is 10.7. The molecule has 0 saturated heterocycles. The molecule has 0 fully saturated rings. The molecule has 0 aliphatic rings. The molecular formula is C52H114N5O15P. The maximum absolute atomic E-state index is 13.5. The van der Waals surface area contributed by atoms with Crippen LogP contribution in [0.1, 0.15) is 155 Å². The quantitative estimate of drug-likeness (QED) is 0.0195. The van der Waals surface area contributed by atoms with E-state index in [9.17, 15) is 33.4 Å². The Morgan fingerprint density at radius 3 is 1.18 bits per heavy atom. The van der Waals surface area contributed by atoms with Crippen LogP contribution in [0.2, 0.25) is 0 Å². The first-order chi connectivity index (χ1) is 32.3. The van der Waals surface area contributed by atoms with Crippen molar-refractivity contribution in [1.29, 1.82) is 0 Å². The van der Waals surface area contributed by atoms with Crippen LogP contribution in [0, 0.1) is 37.0 Å². The molecule has 0 radical (unpaired) electrons. The molecule has 0 bridgehead atoms. The first kappa shape index (κ1) is 85.6. The third-order valence-corrected chi connectivity index (χ3v) is 9.93. The summed E-state index contributed by atoms with van der Waals surface area (Å²) in [7, 11) is -2.90. The van der Waals surface area contributed by atoms with Crippen molar-refractivity contribution in [1.82, 2.24) is 26.6 Å². The maximum atomic E-state index is 13.5. The van der Waals surface area contributed by atoms with Crippen molar-refractivity contribution < 1.29 is 78.0 Å². The molecule has 1 unspecified atom stereocenters. The van der Waals surface area contributed by atoms with Crippen LogP contribution in [-0.4, -0.2) is 159 Å². The smallest absolute Gasteiger partial charge is 0.377 e. The van der Waals surface area contributed by atoms with E-state index in [1.54, 1.807) is 0 Å². The predicted molar refractivity (Wildman–Crippen MR) is 304 cm³/mol. The van der Waals surface area contributed by atoms with E-state index in [0.717, 1.165) is 20.0 Å². The number of ether oxygens (including phenoxy) is 6. The van der Waals surface area contributed by atoms with Crippen LogP contribution in [-0.2, 0) is 66.0 Å². The summed E-state index contributed by atoms with van der Waals surface area (Å²) >= 11 is 0. The molecule has 1 atom stereocenters. The van der Waals surface area contributed by atoms with Crippen molar-refractivity contribution in [2.45, 2.75) is 154 Å². The van der Waals surface area contributed by atoms with Crippen molar-refractivity contribution in [3.05, 3.63) is 0 Å². The summed E-state index contributed by atoms with van der Waals surface area (Å²) in [6.45, 7) is 8.41. The summed E-state index contributed by atoms with van der Waals surface area (Å²) in [5, 5.41) is 14.2. The topological polar surface area (TPSA) is 257 Å². The molecule has 0 aromatic heterocycles. The minimum Gasteiger partial charge on any atom is -0.377 e. The highest BCUT2D eigenvalue weighted by molar-refractivity contribution is 7.47. The molecule has 0 heterocycles. The molecule has 21 heteroatoms. The van der Waals surface area contributed by atoms with Gasteiger partial charge in [0, 0.05) is 78.1 Å². The van der Waals surface area contributed by atoms with Gasteiger partial charge in [0.05, 0.1) is 66.1 Å². The van der Waals surface area contributed by atoms with Crippen molar-refractivity contribution in [3.8, 4) is 37.0 Å². The second kappa shape index (κ2) is 62.2. The summed E-state index contributed by atoms with van der Waals surface area (Å²) in [4.78, 5) is 74.5. The summed E-state index contributed by atoms with van der Waals surface area (Å²) < 4.78 is 52.4. The summed E-state index contributed by atoms with van der Waals surface area (Å²) in [5.41, 5.74) is -1.16. The van der Waals surface area contributed by atoms with Crippen molar-refractivity contribution in [2.75, 3.05) is 119 Å². The molecule has 0 saturated carbocycles. The van der Waals surface area contributed by atoms with Gasteiger partial charge in [-0.25, -0.2) is 4.57 Å². The Kier molecular flexibility index (Phi) is 73.0. The number of amides is 5. The van der Waals surface area contributed by atoms with E-state index in [1.165, 1.54) is 6.42 Å². The Labute approximate surface area is 451 Å². The van der Waals surface area contributed by atoms with Gasteiger partial charge in [0.2, 0.25) is 29.5 Å². The van der Waals surface area contributed by atoms with E-state index in [0.29, 0.717) is 59.0 Å². The summed E-state index contributed by atoms with van der Waals surface area (Å²) in [6.07, 6.45) is 19.9. The molecule has 6 N–H and O–H groups in total. The van der Waals surface area contributed by atoms with Crippen LogP contribution in [0.4, 0.5) is 0 Å². The third-order valence-electron chi connectivity index (χ3n) is 8.96. The fourth-order valence-electron chi connectivity index (χ4n) is 5.62. The molecule has 5 amide bonds. The fraction of sp³-hybridized carbons (Fsp3) is 0.788. The van der Waals surface area contributed by atoms with E-state index in [2.05, 4.69) is 62.7 Å². The van der Waals surface area contributed by atoms with Crippen LogP contribution >= 0.6 is 7.82 Å². The largest absolute Gasteiger partial charge is 0.471 e. The lowest BCUT2D eigenvalue weighted by Gasteiger charge is -2.35. The van der Waals surface area contributed by atoms with Gasteiger partial charge in [-0.3, -0.25) is 33.0 Å². The lowest BCUT2D eigenvalue weighted by atomic mass is 9.82. The van der Waals surface area contributed by atoms with Gasteiger partial charge in [0.25, 0.3) is 0 Å². The van der Waals surface area contributed by atoms with E-state index in [4.69, 9.17) is 52.2 Å². The maximum Gasteiger partial charge on any atom is 0.471 e. The van der Waals surface area contributed by atoms with Gasteiger partial charge in [0.15, 0.2) is 0 Å². The highest BCUT2D eigenvalue weighted by Crippen LogP contribution is 2.41. The first-order valence-electron chi connectivity index (χ1n) is 23.0. The second-order valence-corrected chi connectivity index (χ2v) is 16.4. The van der Waals surface area contributed by atoms with Gasteiger partial charge in [0.1, 0.15) is 19.8 Å². The van der Waals surface area contributed by atoms with Crippen LogP contribution in [0.3, 0.4) is 0 Å². The predicted octanol–water partition coefficient (Wildman–Crippen LogP) is 7.60. The van der Waals surface area contributed by atoms with Crippen molar-refractivity contribution >= 4 is 37.4 Å². The SMILES string of the molecule is C.C.C.C.C.C.C#CCOCCOCCNC(=O)CCC(CCC(=O)NCCOCCOCC#C)(CCC(=O)NCCOCCOCC#C)NC(=O)CCCC(=O)NCCCCCCOP(=O)(O)OC.CCC.[HH].[HH].[HH].[HH].[HH]. The number of nitrogens with one attached hydrogen (secondary N) is 5. The minimum absolute atomic E-state index is 0. The highest BCUT2D eigenvalue weighted by Gasteiger charge is 2.33. The Hall–Kier alpha value is -4.10. The Morgan fingerprint density at radius 1 is 0.479 bits per heavy atom. The monoisotopic (exact) mass is 1080 g/mol. The Bertz CT molecular complexity index is 1400. The lowest BCUT2D eigenvalue weighted by Crippen LogP contribution is -2.50. The number of terminal acetylenes is 3. The molecule has 0 spiro atoms. The van der Waals surface area contributed by atoms with E-state index >= 15 is 0 Å². The van der Waals surface area contributed by atoms with E-state index in [1.807, 2.05) is 0 Å². The standard InChI is InChI=1S/C43H72N5O15P.C3H8.6CH4.5H2/c1-5-25-57-32-35-60-29-22-45-39(50)15-18-43(19-16-40(51)46-23-30-61-36-33-58-26-6-2,20-17-41(52)47-24-31-62-37-34-59-27-7-3)48-42(53)14-12-13-38(49)44-21-10-8-9-11-28-63-64(54,55)56-4;1-3-2;;;;;;;;;;;/h1-3H,8-37H2,4H3,(H,44,49)(H,45,50)(H,46,51)(H,47,52)(H,48,53)(H,54,55);3H2,1-2H3;6*1H4;5*1H. The Balaban J connectivity index is -0.000000267. The van der Waals surface area contributed by atoms with Crippen molar-refractivity contribution in [2.24, 2.45) is 0 Å². The molecule has 442 valence electrons. The fourth-order valence-corrected chi connectivity index (χ4v) is 6.09. The van der Waals surface area contributed by atoms with Crippen LogP contribution in [0.15, 0.2) is 0 Å². The van der Waals surface area contributed by atoms with E-state index < -0.39 is 19.3 Å². The van der Waals surface area contributed by atoms with Crippen LogP contribution < -0.4 is 26.6 Å². The zero-order valence-corrected chi connectivity index (χ0v) is 41.2. The van der Waals surface area contributed by atoms with Gasteiger partial charge >= 0.3 is 7.82 Å². The molecule has 20 nitrogen and oxygen atoms in total. The zero-order chi connectivity index (χ0) is 50.1. The zero-order valence-electron chi connectivity index (χ0n) is 40.3. The molecule has 0 rings (SSSR count). The van der Waals surface area contributed by atoms with Gasteiger partial charge in [-0.2, -0.15) is 0 Å². The average Bonchev–Trinajstić information content (AvgIpc) is 3.30. The summed E-state index contributed by atoms with van der Waals surface area (Å²) in [5.74, 6) is 5.49. The number of phosphoric acid groups is 1. The molecule has 0 aromatic rings. The van der Waals surface area contributed by atoms with Gasteiger partial charge < -0.3 is 59.9 Å². The number of carbonyl (C=O) groups excluding carboxylic acids is 5. The molecule has 0 aliphatic carbocycles. The van der Waals surface area contributed by atoms with Crippen LogP contribution in [0.5, 0.6) is 0 Å². The number of unbranched alkanes of at least 4 members (excludes halogenated alkanes) is 3. The van der Waals surface area contributed by atoms with Gasteiger partial charge in [-0.05, 0) is 38.5 Å². The van der Waals surface area contributed by atoms with Gasteiger partial charge in [-0.1, -0.05) is 95.4 Å². The summed E-state index contributed by atoms with van der Waals surface area (Å²) in [6, 6.07) is 0. The highest BCUT2D eigenvalue weighted by atomic mass is 31.2. The number of hydrogen-bond acceptors (Lipinski definition) is 14. The number of hydrogen-bond donors (Lipinski definition) is 6. The average molecular weight is 1080 g/mol. The third kappa shape index (κ3) is 60.4. The first-order valence-corrected chi connectivity index (χ1v) is 24.5. The number of phosphoric ester groups is 1. The van der Waals surface area contributed by atoms with Crippen molar-refractivity contribution in [3.63, 3.8) is 0 Å².